The van der Waals surface area contributed by atoms with Gasteiger partial charge < -0.3 is 10.2 Å². The van der Waals surface area contributed by atoms with Gasteiger partial charge in [0.25, 0.3) is 0 Å². The number of hydrogen-bond acceptors (Lipinski definition) is 6. The fraction of sp³-hybridized carbons (Fsp3) is 0.500. The van der Waals surface area contributed by atoms with E-state index in [1.54, 1.807) is 4.90 Å². The summed E-state index contributed by atoms with van der Waals surface area (Å²) in [5.41, 5.74) is 1.10. The molecule has 0 spiro atoms. The molecule has 2 fully saturated rings. The number of anilines is 2. The largest absolute Gasteiger partial charge is 0.352 e. The molecular formula is C20H25N5O2S. The van der Waals surface area contributed by atoms with Gasteiger partial charge in [-0.3, -0.25) is 14.5 Å². The Morgan fingerprint density at radius 2 is 1.93 bits per heavy atom. The molecule has 2 saturated heterocycles. The van der Waals surface area contributed by atoms with Gasteiger partial charge in [-0.25, -0.2) is 0 Å². The predicted octanol–water partition coefficient (Wildman–Crippen LogP) is 2.59. The smallest absolute Gasteiger partial charge is 0.228 e. The van der Waals surface area contributed by atoms with Gasteiger partial charge >= 0.3 is 0 Å². The van der Waals surface area contributed by atoms with E-state index in [0.29, 0.717) is 24.6 Å². The molecule has 1 N–H and O–H groups in total. The minimum atomic E-state index is -0.0542. The minimum absolute atomic E-state index is 0.0542. The van der Waals surface area contributed by atoms with Crippen LogP contribution in [0.25, 0.3) is 0 Å². The number of hydrogen-bond donors (Lipinski definition) is 1. The third-order valence-corrected chi connectivity index (χ3v) is 6.34. The van der Waals surface area contributed by atoms with Crippen molar-refractivity contribution < 1.29 is 9.59 Å². The summed E-state index contributed by atoms with van der Waals surface area (Å²) in [5, 5.41) is 13.1. The molecule has 4 rings (SSSR count). The van der Waals surface area contributed by atoms with E-state index in [1.807, 2.05) is 30.3 Å². The molecule has 7 nitrogen and oxygen atoms in total. The summed E-state index contributed by atoms with van der Waals surface area (Å²) in [4.78, 5) is 28.6. The SMILES string of the molecule is O=C(NCc1ccccc1)[C@@H]1CCCN(c2nnc(N3CCCCC3=O)s2)C1. The Bertz CT molecular complexity index is 825. The molecule has 148 valence electrons. The van der Waals surface area contributed by atoms with Crippen molar-refractivity contribution in [3.05, 3.63) is 35.9 Å². The Morgan fingerprint density at radius 3 is 2.75 bits per heavy atom. The second-order valence-corrected chi connectivity index (χ2v) is 8.29. The number of carbonyl (C=O) groups is 2. The highest BCUT2D eigenvalue weighted by Gasteiger charge is 2.29. The number of nitrogens with one attached hydrogen (secondary N) is 1. The van der Waals surface area contributed by atoms with E-state index in [2.05, 4.69) is 20.4 Å². The molecule has 3 heterocycles. The number of benzene rings is 1. The first-order chi connectivity index (χ1) is 13.7. The first-order valence-corrected chi connectivity index (χ1v) is 10.7. The van der Waals surface area contributed by atoms with Crippen LogP contribution >= 0.6 is 11.3 Å². The molecule has 1 aromatic heterocycles. The van der Waals surface area contributed by atoms with E-state index in [9.17, 15) is 9.59 Å². The van der Waals surface area contributed by atoms with Crippen LogP contribution in [-0.2, 0) is 16.1 Å². The standard InChI is InChI=1S/C20H25N5O2S/c26-17-10-4-5-12-25(17)20-23-22-19(28-20)24-11-6-9-16(14-24)18(27)21-13-15-7-2-1-3-8-15/h1-3,7-8,16H,4-6,9-14H2,(H,21,27)/t16-/m1/s1. The monoisotopic (exact) mass is 399 g/mol. The fourth-order valence-electron chi connectivity index (χ4n) is 3.75. The third kappa shape index (κ3) is 4.32. The van der Waals surface area contributed by atoms with E-state index in [0.717, 1.165) is 49.5 Å². The molecule has 0 bridgehead atoms. The lowest BCUT2D eigenvalue weighted by molar-refractivity contribution is -0.125. The van der Waals surface area contributed by atoms with Gasteiger partial charge in [0.05, 0.1) is 5.92 Å². The Kier molecular flexibility index (Phi) is 5.85. The molecule has 0 radical (unpaired) electrons. The van der Waals surface area contributed by atoms with Crippen molar-refractivity contribution in [3.8, 4) is 0 Å². The van der Waals surface area contributed by atoms with Crippen LogP contribution < -0.4 is 15.1 Å². The Labute approximate surface area is 168 Å². The van der Waals surface area contributed by atoms with Crippen LogP contribution in [0.3, 0.4) is 0 Å². The minimum Gasteiger partial charge on any atom is -0.352 e. The first kappa shape index (κ1) is 18.9. The average molecular weight is 400 g/mol. The highest BCUT2D eigenvalue weighted by atomic mass is 32.1. The summed E-state index contributed by atoms with van der Waals surface area (Å²) in [6, 6.07) is 9.95. The van der Waals surface area contributed by atoms with Gasteiger partial charge in [-0.1, -0.05) is 41.7 Å². The van der Waals surface area contributed by atoms with Crippen molar-refractivity contribution in [2.75, 3.05) is 29.4 Å². The molecule has 0 aliphatic carbocycles. The molecule has 28 heavy (non-hydrogen) atoms. The molecule has 8 heteroatoms. The van der Waals surface area contributed by atoms with E-state index >= 15 is 0 Å². The van der Waals surface area contributed by atoms with Crippen molar-refractivity contribution in [2.24, 2.45) is 5.92 Å². The highest BCUT2D eigenvalue weighted by Crippen LogP contribution is 2.32. The Morgan fingerprint density at radius 1 is 1.11 bits per heavy atom. The first-order valence-electron chi connectivity index (χ1n) is 9.91. The molecule has 2 aromatic rings. The topological polar surface area (TPSA) is 78.4 Å². The zero-order chi connectivity index (χ0) is 19.3. The molecule has 1 atom stereocenters. The fourth-order valence-corrected chi connectivity index (χ4v) is 4.67. The second kappa shape index (κ2) is 8.68. The number of carbonyl (C=O) groups excluding carboxylic acids is 2. The lowest BCUT2D eigenvalue weighted by Crippen LogP contribution is -2.43. The normalized spacial score (nSPS) is 20.3. The summed E-state index contributed by atoms with van der Waals surface area (Å²) in [7, 11) is 0. The van der Waals surface area contributed by atoms with Crippen LogP contribution in [0.2, 0.25) is 0 Å². The van der Waals surface area contributed by atoms with Crippen LogP contribution in [0.15, 0.2) is 30.3 Å². The summed E-state index contributed by atoms with van der Waals surface area (Å²) >= 11 is 1.45. The molecule has 2 aliphatic heterocycles. The maximum absolute atomic E-state index is 12.6. The maximum Gasteiger partial charge on any atom is 0.228 e. The van der Waals surface area contributed by atoms with Crippen molar-refractivity contribution in [3.63, 3.8) is 0 Å². The zero-order valence-electron chi connectivity index (χ0n) is 15.8. The number of aromatic nitrogens is 2. The van der Waals surface area contributed by atoms with E-state index in [-0.39, 0.29) is 17.7 Å². The predicted molar refractivity (Wildman–Crippen MR) is 109 cm³/mol. The van der Waals surface area contributed by atoms with Crippen LogP contribution in [0.5, 0.6) is 0 Å². The Balaban J connectivity index is 1.36. The van der Waals surface area contributed by atoms with Crippen molar-refractivity contribution in [1.29, 1.82) is 0 Å². The Hall–Kier alpha value is -2.48. The van der Waals surface area contributed by atoms with Crippen molar-refractivity contribution in [2.45, 2.75) is 38.6 Å². The summed E-state index contributed by atoms with van der Waals surface area (Å²) in [6.45, 7) is 2.78. The maximum atomic E-state index is 12.6. The number of nitrogens with zero attached hydrogens (tertiary/aromatic N) is 4. The van der Waals surface area contributed by atoms with Crippen molar-refractivity contribution in [1.82, 2.24) is 15.5 Å². The van der Waals surface area contributed by atoms with Gasteiger partial charge in [-0.2, -0.15) is 0 Å². The van der Waals surface area contributed by atoms with Crippen LogP contribution in [0, 0.1) is 5.92 Å². The van der Waals surface area contributed by atoms with E-state index < -0.39 is 0 Å². The third-order valence-electron chi connectivity index (χ3n) is 5.33. The quantitative estimate of drug-likeness (QED) is 0.836. The van der Waals surface area contributed by atoms with Crippen LogP contribution in [0.1, 0.15) is 37.7 Å². The van der Waals surface area contributed by atoms with Crippen molar-refractivity contribution >= 4 is 33.4 Å². The molecule has 0 unspecified atom stereocenters. The van der Waals surface area contributed by atoms with Gasteiger partial charge in [-0.05, 0) is 31.2 Å². The van der Waals surface area contributed by atoms with Gasteiger partial charge in [0, 0.05) is 32.6 Å². The molecule has 1 aromatic carbocycles. The van der Waals surface area contributed by atoms with Gasteiger partial charge in [0.2, 0.25) is 22.1 Å². The average Bonchev–Trinajstić information content (AvgIpc) is 3.23. The number of amides is 2. The second-order valence-electron chi connectivity index (χ2n) is 7.36. The van der Waals surface area contributed by atoms with Crippen LogP contribution in [-0.4, -0.2) is 41.6 Å². The molecular weight excluding hydrogens is 374 g/mol. The lowest BCUT2D eigenvalue weighted by Gasteiger charge is -2.31. The number of rotatable bonds is 5. The molecule has 0 saturated carbocycles. The molecule has 2 amide bonds. The van der Waals surface area contributed by atoms with Crippen LogP contribution in [0.4, 0.5) is 10.3 Å². The zero-order valence-corrected chi connectivity index (χ0v) is 16.7. The van der Waals surface area contributed by atoms with E-state index in [1.165, 1.54) is 11.3 Å². The van der Waals surface area contributed by atoms with E-state index in [4.69, 9.17) is 0 Å². The van der Waals surface area contributed by atoms with Gasteiger partial charge in [-0.15, -0.1) is 10.2 Å². The number of piperidine rings is 2. The summed E-state index contributed by atoms with van der Waals surface area (Å²) in [5.74, 6) is 0.164. The summed E-state index contributed by atoms with van der Waals surface area (Å²) < 4.78 is 0. The molecule has 2 aliphatic rings. The summed E-state index contributed by atoms with van der Waals surface area (Å²) in [6.07, 6.45) is 4.37. The van der Waals surface area contributed by atoms with Gasteiger partial charge in [0.15, 0.2) is 0 Å². The van der Waals surface area contributed by atoms with Gasteiger partial charge in [0.1, 0.15) is 0 Å². The highest BCUT2D eigenvalue weighted by molar-refractivity contribution is 7.19. The lowest BCUT2D eigenvalue weighted by atomic mass is 9.97.